The summed E-state index contributed by atoms with van der Waals surface area (Å²) in [6.45, 7) is 3.87. The molecule has 3 N–H and O–H groups in total. The van der Waals surface area contributed by atoms with Crippen LogP contribution in [0.3, 0.4) is 0 Å². The van der Waals surface area contributed by atoms with E-state index in [0.717, 1.165) is 26.5 Å². The molecule has 0 radical (unpaired) electrons. The number of thiophene rings is 1. The van der Waals surface area contributed by atoms with Crippen molar-refractivity contribution in [1.29, 1.82) is 0 Å². The summed E-state index contributed by atoms with van der Waals surface area (Å²) >= 11 is 4.44. The van der Waals surface area contributed by atoms with Crippen molar-refractivity contribution in [3.63, 3.8) is 0 Å². The first kappa shape index (κ1) is 22.3. The maximum absolute atomic E-state index is 12.5. The highest BCUT2D eigenvalue weighted by atomic mass is 79.9. The number of nitrogens with zero attached hydrogens (tertiary/aromatic N) is 2. The van der Waals surface area contributed by atoms with Gasteiger partial charge in [0.1, 0.15) is 21.7 Å². The molecule has 10 heteroatoms. The largest absolute Gasteiger partial charge is 0.340 e. The van der Waals surface area contributed by atoms with Crippen molar-refractivity contribution in [2.24, 2.45) is 0 Å². The van der Waals surface area contributed by atoms with Crippen molar-refractivity contribution in [3.05, 3.63) is 81.9 Å². The van der Waals surface area contributed by atoms with Gasteiger partial charge in [0.25, 0.3) is 10.0 Å². The Hall–Kier alpha value is -2.95. The van der Waals surface area contributed by atoms with Crippen LogP contribution in [0.5, 0.6) is 0 Å². The second-order valence-corrected chi connectivity index (χ2v) is 11.4. The van der Waals surface area contributed by atoms with Crippen LogP contribution in [0.4, 0.5) is 28.7 Å². The number of sulfonamides is 1. The number of hydrogen-bond acceptors (Lipinski definition) is 7. The van der Waals surface area contributed by atoms with Crippen molar-refractivity contribution >= 4 is 66.0 Å². The first-order chi connectivity index (χ1) is 15.3. The van der Waals surface area contributed by atoms with Gasteiger partial charge in [-0.1, -0.05) is 17.7 Å². The minimum Gasteiger partial charge on any atom is -0.340 e. The Bertz CT molecular complexity index is 1340. The van der Waals surface area contributed by atoms with Crippen molar-refractivity contribution in [3.8, 4) is 0 Å². The standard InChI is InChI=1S/C22H20BrN5O2S2/c1-14-3-5-16(6-4-14)26-20-13-21(25-15(2)24-20)27-17-7-9-18(10-8-17)28-32(29,30)22-12-11-19(23)31-22/h3-13,28H,1-2H3,(H2,24,25,26,27). The Morgan fingerprint density at radius 3 is 1.84 bits per heavy atom. The van der Waals surface area contributed by atoms with Crippen molar-refractivity contribution in [1.82, 2.24) is 9.97 Å². The number of rotatable bonds is 7. The van der Waals surface area contributed by atoms with E-state index in [1.807, 2.05) is 44.2 Å². The molecule has 0 saturated carbocycles. The first-order valence-electron chi connectivity index (χ1n) is 9.61. The summed E-state index contributed by atoms with van der Waals surface area (Å²) in [4.78, 5) is 8.87. The molecular weight excluding hydrogens is 510 g/mol. The molecule has 0 atom stereocenters. The van der Waals surface area contributed by atoms with E-state index in [2.05, 4.69) is 41.3 Å². The highest BCUT2D eigenvalue weighted by molar-refractivity contribution is 9.11. The molecule has 2 heterocycles. The fourth-order valence-electron chi connectivity index (χ4n) is 2.90. The van der Waals surface area contributed by atoms with Crippen molar-refractivity contribution in [2.75, 3.05) is 15.4 Å². The number of hydrogen-bond donors (Lipinski definition) is 3. The monoisotopic (exact) mass is 529 g/mol. The van der Waals surface area contributed by atoms with E-state index in [1.165, 1.54) is 5.56 Å². The summed E-state index contributed by atoms with van der Waals surface area (Å²) < 4.78 is 28.5. The van der Waals surface area contributed by atoms with Gasteiger partial charge in [0.15, 0.2) is 0 Å². The smallest absolute Gasteiger partial charge is 0.271 e. The zero-order valence-corrected chi connectivity index (χ0v) is 20.5. The zero-order chi connectivity index (χ0) is 22.7. The predicted octanol–water partition coefficient (Wildman–Crippen LogP) is 6.21. The Morgan fingerprint density at radius 1 is 0.781 bits per heavy atom. The highest BCUT2D eigenvalue weighted by Gasteiger charge is 2.16. The lowest BCUT2D eigenvalue weighted by atomic mass is 10.2. The Kier molecular flexibility index (Phi) is 6.45. The normalized spacial score (nSPS) is 11.2. The van der Waals surface area contributed by atoms with Gasteiger partial charge in [0, 0.05) is 23.1 Å². The van der Waals surface area contributed by atoms with Crippen LogP contribution in [0.15, 0.2) is 74.7 Å². The molecule has 0 aliphatic rings. The third kappa shape index (κ3) is 5.64. The molecule has 0 unspecified atom stereocenters. The predicted molar refractivity (Wildman–Crippen MR) is 134 cm³/mol. The molecule has 4 rings (SSSR count). The number of aryl methyl sites for hydroxylation is 2. The van der Waals surface area contributed by atoms with E-state index in [-0.39, 0.29) is 4.21 Å². The van der Waals surface area contributed by atoms with E-state index in [9.17, 15) is 8.42 Å². The number of benzene rings is 2. The van der Waals surface area contributed by atoms with Crippen LogP contribution in [0.1, 0.15) is 11.4 Å². The third-order valence-electron chi connectivity index (χ3n) is 4.38. The Labute approximate surface area is 199 Å². The van der Waals surface area contributed by atoms with Gasteiger partial charge < -0.3 is 10.6 Å². The number of anilines is 5. The van der Waals surface area contributed by atoms with E-state index in [0.29, 0.717) is 23.1 Å². The fraction of sp³-hybridized carbons (Fsp3) is 0.0909. The van der Waals surface area contributed by atoms with Gasteiger partial charge in [-0.25, -0.2) is 18.4 Å². The van der Waals surface area contributed by atoms with Gasteiger partial charge in [-0.05, 0) is 78.3 Å². The minimum absolute atomic E-state index is 0.247. The van der Waals surface area contributed by atoms with Gasteiger partial charge in [0.2, 0.25) is 0 Å². The molecule has 7 nitrogen and oxygen atoms in total. The molecule has 0 aliphatic carbocycles. The average molecular weight is 530 g/mol. The van der Waals surface area contributed by atoms with Gasteiger partial charge in [0.05, 0.1) is 3.79 Å². The Morgan fingerprint density at radius 2 is 1.31 bits per heavy atom. The van der Waals surface area contributed by atoms with Crippen LogP contribution < -0.4 is 15.4 Å². The maximum Gasteiger partial charge on any atom is 0.271 e. The van der Waals surface area contributed by atoms with E-state index < -0.39 is 10.0 Å². The third-order valence-corrected chi connectivity index (χ3v) is 7.88. The maximum atomic E-state index is 12.5. The lowest BCUT2D eigenvalue weighted by molar-refractivity contribution is 0.603. The molecule has 164 valence electrons. The summed E-state index contributed by atoms with van der Waals surface area (Å²) in [5, 5.41) is 6.51. The van der Waals surface area contributed by atoms with Crippen LogP contribution >= 0.6 is 27.3 Å². The first-order valence-corrected chi connectivity index (χ1v) is 12.7. The average Bonchev–Trinajstić information content (AvgIpc) is 3.18. The van der Waals surface area contributed by atoms with E-state index in [1.54, 1.807) is 36.4 Å². The van der Waals surface area contributed by atoms with Crippen LogP contribution in [0.2, 0.25) is 0 Å². The topological polar surface area (TPSA) is 96.0 Å². The molecule has 0 fully saturated rings. The number of nitrogens with one attached hydrogen (secondary N) is 3. The molecular formula is C22H20BrN5O2S2. The fourth-order valence-corrected chi connectivity index (χ4v) is 5.97. The second kappa shape index (κ2) is 9.27. The number of halogens is 1. The molecule has 0 spiro atoms. The highest BCUT2D eigenvalue weighted by Crippen LogP contribution is 2.28. The van der Waals surface area contributed by atoms with Crippen molar-refractivity contribution < 1.29 is 8.42 Å². The molecule has 0 amide bonds. The summed E-state index contributed by atoms with van der Waals surface area (Å²) in [6.07, 6.45) is 0. The molecule has 0 saturated heterocycles. The molecule has 0 aliphatic heterocycles. The van der Waals surface area contributed by atoms with Gasteiger partial charge >= 0.3 is 0 Å². The van der Waals surface area contributed by atoms with Crippen LogP contribution in [0.25, 0.3) is 0 Å². The quantitative estimate of drug-likeness (QED) is 0.263. The molecule has 2 aromatic carbocycles. The minimum atomic E-state index is -3.62. The van der Waals surface area contributed by atoms with Gasteiger partial charge in [-0.15, -0.1) is 11.3 Å². The lowest BCUT2D eigenvalue weighted by Gasteiger charge is -2.11. The van der Waals surface area contributed by atoms with Crippen molar-refractivity contribution in [2.45, 2.75) is 18.1 Å². The SMILES string of the molecule is Cc1ccc(Nc2cc(Nc3ccc(NS(=O)(=O)c4ccc(Br)s4)cc3)nc(C)n2)cc1. The van der Waals surface area contributed by atoms with Gasteiger partial charge in [-0.3, -0.25) is 4.72 Å². The molecule has 2 aromatic heterocycles. The summed E-state index contributed by atoms with van der Waals surface area (Å²) in [5.74, 6) is 1.93. The van der Waals surface area contributed by atoms with E-state index >= 15 is 0 Å². The van der Waals surface area contributed by atoms with Gasteiger partial charge in [-0.2, -0.15) is 0 Å². The lowest BCUT2D eigenvalue weighted by Crippen LogP contribution is -2.11. The summed E-state index contributed by atoms with van der Waals surface area (Å²) in [7, 11) is -3.62. The van der Waals surface area contributed by atoms with Crippen LogP contribution in [0, 0.1) is 13.8 Å². The summed E-state index contributed by atoms with van der Waals surface area (Å²) in [5.41, 5.74) is 3.37. The Balaban J connectivity index is 1.46. The second-order valence-electron chi connectivity index (χ2n) is 7.04. The van der Waals surface area contributed by atoms with Crippen LogP contribution in [-0.4, -0.2) is 18.4 Å². The zero-order valence-electron chi connectivity index (χ0n) is 17.3. The van der Waals surface area contributed by atoms with Crippen LogP contribution in [-0.2, 0) is 10.0 Å². The molecule has 32 heavy (non-hydrogen) atoms. The molecule has 4 aromatic rings. The summed E-state index contributed by atoms with van der Waals surface area (Å²) in [6, 6.07) is 20.1. The number of aromatic nitrogens is 2. The molecule has 0 bridgehead atoms. The van der Waals surface area contributed by atoms with E-state index in [4.69, 9.17) is 0 Å².